The predicted octanol–water partition coefficient (Wildman–Crippen LogP) is 1.50. The zero-order valence-electron chi connectivity index (χ0n) is 14.8. The van der Waals surface area contributed by atoms with Gasteiger partial charge in [0.2, 0.25) is 10.0 Å². The summed E-state index contributed by atoms with van der Waals surface area (Å²) in [7, 11) is -3.29. The maximum Gasteiger partial charge on any atom is 0.328 e. The molecule has 1 aromatic carbocycles. The Hall–Kier alpha value is -3.18. The summed E-state index contributed by atoms with van der Waals surface area (Å²) in [5, 5.41) is 15.6. The SMILES string of the molecule is CCS(=O)(=O)Nc1cccc2c1COC2c1c[nH]cn1.O=C(O)/C=C\C(=O)O. The van der Waals surface area contributed by atoms with E-state index in [1.54, 1.807) is 25.5 Å². The summed E-state index contributed by atoms with van der Waals surface area (Å²) in [6.07, 6.45) is 4.25. The van der Waals surface area contributed by atoms with Crippen LogP contribution in [0, 0.1) is 0 Å². The minimum Gasteiger partial charge on any atom is -0.478 e. The number of aromatic amines is 1. The highest BCUT2D eigenvalue weighted by Crippen LogP contribution is 2.38. The monoisotopic (exact) mass is 409 g/mol. The zero-order valence-corrected chi connectivity index (χ0v) is 15.6. The molecule has 0 amide bonds. The van der Waals surface area contributed by atoms with E-state index in [0.717, 1.165) is 16.8 Å². The van der Waals surface area contributed by atoms with E-state index in [-0.39, 0.29) is 11.9 Å². The van der Waals surface area contributed by atoms with Crippen LogP contribution in [0.5, 0.6) is 0 Å². The van der Waals surface area contributed by atoms with Crippen LogP contribution in [0.1, 0.15) is 29.8 Å². The van der Waals surface area contributed by atoms with Gasteiger partial charge in [-0.05, 0) is 18.6 Å². The molecular weight excluding hydrogens is 390 g/mol. The van der Waals surface area contributed by atoms with Gasteiger partial charge in [-0.15, -0.1) is 0 Å². The fraction of sp³-hybridized carbons (Fsp3) is 0.235. The van der Waals surface area contributed by atoms with Crippen molar-refractivity contribution in [3.05, 3.63) is 59.7 Å². The molecule has 28 heavy (non-hydrogen) atoms. The van der Waals surface area contributed by atoms with E-state index in [9.17, 15) is 18.0 Å². The lowest BCUT2D eigenvalue weighted by Gasteiger charge is -2.11. The molecule has 1 unspecified atom stereocenters. The number of anilines is 1. The minimum atomic E-state index is -3.29. The average molecular weight is 409 g/mol. The van der Waals surface area contributed by atoms with Gasteiger partial charge in [0.15, 0.2) is 0 Å². The van der Waals surface area contributed by atoms with Gasteiger partial charge in [-0.3, -0.25) is 4.72 Å². The Morgan fingerprint density at radius 1 is 1.32 bits per heavy atom. The van der Waals surface area contributed by atoms with Crippen molar-refractivity contribution in [3.63, 3.8) is 0 Å². The van der Waals surface area contributed by atoms with Crippen LogP contribution in [-0.4, -0.2) is 46.3 Å². The number of carbonyl (C=O) groups is 2. The summed E-state index contributed by atoms with van der Waals surface area (Å²) in [6.45, 7) is 1.98. The van der Waals surface area contributed by atoms with E-state index in [1.807, 2.05) is 12.1 Å². The molecule has 0 aliphatic carbocycles. The van der Waals surface area contributed by atoms with Crippen molar-refractivity contribution >= 4 is 27.6 Å². The quantitative estimate of drug-likeness (QED) is 0.522. The maximum atomic E-state index is 11.7. The first-order valence-corrected chi connectivity index (χ1v) is 9.75. The van der Waals surface area contributed by atoms with Gasteiger partial charge in [-0.2, -0.15) is 0 Å². The van der Waals surface area contributed by atoms with Crippen LogP contribution in [0.2, 0.25) is 0 Å². The number of carboxylic acid groups (broad SMARTS) is 2. The summed E-state index contributed by atoms with van der Waals surface area (Å²) >= 11 is 0. The van der Waals surface area contributed by atoms with Gasteiger partial charge < -0.3 is 19.9 Å². The van der Waals surface area contributed by atoms with E-state index in [4.69, 9.17) is 14.9 Å². The van der Waals surface area contributed by atoms with Gasteiger partial charge in [0.05, 0.1) is 30.1 Å². The highest BCUT2D eigenvalue weighted by atomic mass is 32.2. The third-order valence-electron chi connectivity index (χ3n) is 3.69. The molecule has 1 atom stereocenters. The summed E-state index contributed by atoms with van der Waals surface area (Å²) in [5.74, 6) is -2.47. The molecule has 0 fully saturated rings. The lowest BCUT2D eigenvalue weighted by molar-refractivity contribution is -0.134. The van der Waals surface area contributed by atoms with Crippen molar-refractivity contribution in [1.82, 2.24) is 9.97 Å². The lowest BCUT2D eigenvalue weighted by atomic mass is 10.0. The number of H-pyrrole nitrogens is 1. The number of nitrogens with one attached hydrogen (secondary N) is 2. The first-order valence-electron chi connectivity index (χ1n) is 8.10. The molecule has 0 saturated heterocycles. The molecular formula is C17H19N3O7S. The average Bonchev–Trinajstić information content (AvgIpc) is 3.30. The zero-order chi connectivity index (χ0) is 20.7. The number of fused-ring (bicyclic) bond motifs is 1. The third-order valence-corrected chi connectivity index (χ3v) is 4.98. The normalized spacial score (nSPS) is 15.5. The van der Waals surface area contributed by atoms with Crippen LogP contribution in [0.15, 0.2) is 42.9 Å². The van der Waals surface area contributed by atoms with Crippen molar-refractivity contribution in [2.75, 3.05) is 10.5 Å². The molecule has 10 nitrogen and oxygen atoms in total. The minimum absolute atomic E-state index is 0.0420. The highest BCUT2D eigenvalue weighted by Gasteiger charge is 2.28. The molecule has 1 aliphatic rings. The summed E-state index contributed by atoms with van der Waals surface area (Å²) in [4.78, 5) is 26.2. The van der Waals surface area contributed by atoms with Gasteiger partial charge in [0, 0.05) is 23.9 Å². The molecule has 150 valence electrons. The van der Waals surface area contributed by atoms with Crippen molar-refractivity contribution in [3.8, 4) is 0 Å². The van der Waals surface area contributed by atoms with Gasteiger partial charge >= 0.3 is 11.9 Å². The molecule has 0 bridgehead atoms. The number of nitrogens with zero attached hydrogens (tertiary/aromatic N) is 1. The Bertz CT molecular complexity index is 953. The molecule has 1 aromatic heterocycles. The lowest BCUT2D eigenvalue weighted by Crippen LogP contribution is -2.15. The van der Waals surface area contributed by atoms with Gasteiger partial charge in [0.1, 0.15) is 6.10 Å². The standard InChI is InChI=1S/C13H15N3O3S.C4H4O4/c1-2-20(17,18)16-11-5-3-4-9-10(11)7-19-13(9)12-6-14-8-15-12;5-3(6)1-2-4(7)8/h3-6,8,13,16H,2,7H2,1H3,(H,14,15);1-2H,(H,5,6)(H,7,8)/b;2-1-. The summed E-state index contributed by atoms with van der Waals surface area (Å²) in [6, 6.07) is 5.51. The smallest absolute Gasteiger partial charge is 0.328 e. The molecule has 1 aliphatic heterocycles. The summed E-state index contributed by atoms with van der Waals surface area (Å²) < 4.78 is 31.8. The molecule has 2 aromatic rings. The van der Waals surface area contributed by atoms with Crippen molar-refractivity contribution < 1.29 is 33.0 Å². The fourth-order valence-corrected chi connectivity index (χ4v) is 3.08. The first-order chi connectivity index (χ1) is 13.2. The van der Waals surface area contributed by atoms with Gasteiger partial charge in [-0.1, -0.05) is 12.1 Å². The van der Waals surface area contributed by atoms with Crippen molar-refractivity contribution in [2.45, 2.75) is 19.6 Å². The number of rotatable bonds is 6. The Labute approximate surface area is 160 Å². The van der Waals surface area contributed by atoms with E-state index in [1.165, 1.54) is 0 Å². The Morgan fingerprint density at radius 3 is 2.54 bits per heavy atom. The number of aliphatic carboxylic acids is 2. The fourth-order valence-electron chi connectivity index (χ4n) is 2.41. The number of hydrogen-bond acceptors (Lipinski definition) is 6. The summed E-state index contributed by atoms with van der Waals surface area (Å²) in [5.41, 5.74) is 3.20. The van der Waals surface area contributed by atoms with Crippen LogP contribution in [0.25, 0.3) is 0 Å². The first kappa shape index (κ1) is 21.1. The molecule has 11 heteroatoms. The van der Waals surface area contributed by atoms with Crippen LogP contribution >= 0.6 is 0 Å². The number of sulfonamides is 1. The van der Waals surface area contributed by atoms with E-state index < -0.39 is 22.0 Å². The second kappa shape index (κ2) is 9.15. The predicted molar refractivity (Wildman–Crippen MR) is 99.2 cm³/mol. The number of carboxylic acids is 2. The Kier molecular flexibility index (Phi) is 6.90. The van der Waals surface area contributed by atoms with Gasteiger partial charge in [0.25, 0.3) is 0 Å². The van der Waals surface area contributed by atoms with Crippen molar-refractivity contribution in [2.24, 2.45) is 0 Å². The molecule has 4 N–H and O–H groups in total. The van der Waals surface area contributed by atoms with E-state index >= 15 is 0 Å². The third kappa shape index (κ3) is 5.66. The Morgan fingerprint density at radius 2 is 2.00 bits per heavy atom. The van der Waals surface area contributed by atoms with Crippen LogP contribution in [0.4, 0.5) is 5.69 Å². The van der Waals surface area contributed by atoms with Crippen LogP contribution < -0.4 is 4.72 Å². The number of benzene rings is 1. The van der Waals surface area contributed by atoms with E-state index in [0.29, 0.717) is 24.4 Å². The van der Waals surface area contributed by atoms with Crippen molar-refractivity contribution in [1.29, 1.82) is 0 Å². The number of aromatic nitrogens is 2. The maximum absolute atomic E-state index is 11.7. The second-order valence-electron chi connectivity index (χ2n) is 5.57. The molecule has 0 spiro atoms. The Balaban J connectivity index is 0.000000300. The number of ether oxygens (including phenoxy) is 1. The molecule has 0 radical (unpaired) electrons. The number of hydrogen-bond donors (Lipinski definition) is 4. The number of imidazole rings is 1. The topological polar surface area (TPSA) is 159 Å². The van der Waals surface area contributed by atoms with E-state index in [2.05, 4.69) is 14.7 Å². The molecule has 3 rings (SSSR count). The van der Waals surface area contributed by atoms with Gasteiger partial charge in [-0.25, -0.2) is 23.0 Å². The highest BCUT2D eigenvalue weighted by molar-refractivity contribution is 7.92. The second-order valence-corrected chi connectivity index (χ2v) is 7.58. The molecule has 0 saturated carbocycles. The van der Waals surface area contributed by atoms with Crippen LogP contribution in [0.3, 0.4) is 0 Å². The van der Waals surface area contributed by atoms with Crippen LogP contribution in [-0.2, 0) is 31.0 Å². The molecule has 2 heterocycles. The largest absolute Gasteiger partial charge is 0.478 e.